The van der Waals surface area contributed by atoms with Crippen LogP contribution in [-0.2, 0) is 4.74 Å². The van der Waals surface area contributed by atoms with Crippen LogP contribution in [-0.4, -0.2) is 62.7 Å². The predicted molar refractivity (Wildman–Crippen MR) is 88.7 cm³/mol. The largest absolute Gasteiger partial charge is 0.379 e. The van der Waals surface area contributed by atoms with Crippen LogP contribution in [0.2, 0.25) is 0 Å². The van der Waals surface area contributed by atoms with E-state index in [1.807, 2.05) is 6.92 Å². The van der Waals surface area contributed by atoms with Crippen LogP contribution >= 0.6 is 0 Å². The van der Waals surface area contributed by atoms with Gasteiger partial charge in [0, 0.05) is 43.9 Å². The highest BCUT2D eigenvalue weighted by molar-refractivity contribution is 5.99. The summed E-state index contributed by atoms with van der Waals surface area (Å²) in [6.45, 7) is 7.35. The number of benzene rings is 1. The van der Waals surface area contributed by atoms with Crippen LogP contribution < -0.4 is 10.6 Å². The molecule has 1 aliphatic rings. The maximum atomic E-state index is 12.2. The van der Waals surface area contributed by atoms with E-state index in [0.717, 1.165) is 39.3 Å². The summed E-state index contributed by atoms with van der Waals surface area (Å²) in [6.07, 6.45) is 0.882. The van der Waals surface area contributed by atoms with Gasteiger partial charge in [0.2, 0.25) is 0 Å². The van der Waals surface area contributed by atoms with Gasteiger partial charge in [-0.3, -0.25) is 14.5 Å². The molecule has 1 aromatic rings. The van der Waals surface area contributed by atoms with Gasteiger partial charge in [0.15, 0.2) is 0 Å². The monoisotopic (exact) mass is 319 g/mol. The Morgan fingerprint density at radius 2 is 1.70 bits per heavy atom. The molecule has 6 heteroatoms. The lowest BCUT2D eigenvalue weighted by atomic mass is 10.1. The van der Waals surface area contributed by atoms with E-state index in [0.29, 0.717) is 24.2 Å². The van der Waals surface area contributed by atoms with Gasteiger partial charge in [0.25, 0.3) is 11.8 Å². The van der Waals surface area contributed by atoms with Gasteiger partial charge in [-0.05, 0) is 24.6 Å². The van der Waals surface area contributed by atoms with Gasteiger partial charge in [-0.25, -0.2) is 0 Å². The third-order valence-electron chi connectivity index (χ3n) is 3.74. The first-order valence-corrected chi connectivity index (χ1v) is 8.17. The van der Waals surface area contributed by atoms with Crippen molar-refractivity contribution in [2.75, 3.05) is 45.9 Å². The number of morpholine rings is 1. The van der Waals surface area contributed by atoms with Gasteiger partial charge in [-0.1, -0.05) is 13.0 Å². The maximum absolute atomic E-state index is 12.2. The zero-order valence-electron chi connectivity index (χ0n) is 13.6. The Labute approximate surface area is 137 Å². The van der Waals surface area contributed by atoms with Gasteiger partial charge in [0.05, 0.1) is 13.2 Å². The van der Waals surface area contributed by atoms with Gasteiger partial charge >= 0.3 is 0 Å². The van der Waals surface area contributed by atoms with Crippen molar-refractivity contribution in [3.8, 4) is 0 Å². The molecule has 2 rings (SSSR count). The van der Waals surface area contributed by atoms with Crippen molar-refractivity contribution in [1.82, 2.24) is 15.5 Å². The van der Waals surface area contributed by atoms with Crippen molar-refractivity contribution in [1.29, 1.82) is 0 Å². The van der Waals surface area contributed by atoms with Crippen molar-refractivity contribution in [3.05, 3.63) is 35.4 Å². The summed E-state index contributed by atoms with van der Waals surface area (Å²) in [5.74, 6) is -0.293. The predicted octanol–water partition coefficient (Wildman–Crippen LogP) is 0.888. The minimum absolute atomic E-state index is 0.144. The number of carbonyl (C=O) groups excluding carboxylic acids is 2. The Morgan fingerprint density at radius 1 is 1.09 bits per heavy atom. The lowest BCUT2D eigenvalue weighted by Gasteiger charge is -2.26. The van der Waals surface area contributed by atoms with Crippen molar-refractivity contribution >= 4 is 11.8 Å². The van der Waals surface area contributed by atoms with Crippen molar-refractivity contribution in [3.63, 3.8) is 0 Å². The zero-order valence-corrected chi connectivity index (χ0v) is 13.6. The third kappa shape index (κ3) is 5.65. The number of amides is 2. The first-order chi connectivity index (χ1) is 11.2. The van der Waals surface area contributed by atoms with Crippen molar-refractivity contribution in [2.45, 2.75) is 13.3 Å². The molecule has 2 amide bonds. The van der Waals surface area contributed by atoms with E-state index < -0.39 is 0 Å². The fourth-order valence-corrected chi connectivity index (χ4v) is 2.40. The molecule has 1 aliphatic heterocycles. The summed E-state index contributed by atoms with van der Waals surface area (Å²) in [6, 6.07) is 6.81. The Hall–Kier alpha value is -1.92. The highest BCUT2D eigenvalue weighted by Crippen LogP contribution is 2.05. The van der Waals surface area contributed by atoms with E-state index in [1.54, 1.807) is 24.3 Å². The molecule has 0 aromatic heterocycles. The standard InChI is InChI=1S/C17H25N3O3/c1-2-6-18-16(21)14-4-3-5-15(13-14)17(22)19-7-8-20-9-11-23-12-10-20/h3-5,13H,2,6-12H2,1H3,(H,18,21)(H,19,22). The molecule has 126 valence electrons. The molecule has 0 spiro atoms. The third-order valence-corrected chi connectivity index (χ3v) is 3.74. The molecule has 0 aliphatic carbocycles. The molecule has 0 bridgehead atoms. The molecule has 0 radical (unpaired) electrons. The fraction of sp³-hybridized carbons (Fsp3) is 0.529. The molecule has 0 unspecified atom stereocenters. The van der Waals surface area contributed by atoms with Crippen LogP contribution in [0, 0.1) is 0 Å². The number of rotatable bonds is 7. The highest BCUT2D eigenvalue weighted by atomic mass is 16.5. The second-order valence-electron chi connectivity index (χ2n) is 5.55. The molecule has 1 aromatic carbocycles. The van der Waals surface area contributed by atoms with Crippen LogP contribution in [0.1, 0.15) is 34.1 Å². The molecule has 1 fully saturated rings. The van der Waals surface area contributed by atoms with E-state index in [-0.39, 0.29) is 11.8 Å². The van der Waals surface area contributed by atoms with Crippen LogP contribution in [0.5, 0.6) is 0 Å². The highest BCUT2D eigenvalue weighted by Gasteiger charge is 2.12. The molecule has 23 heavy (non-hydrogen) atoms. The van der Waals surface area contributed by atoms with Crippen LogP contribution in [0.4, 0.5) is 0 Å². The van der Waals surface area contributed by atoms with E-state index in [9.17, 15) is 9.59 Å². The number of nitrogens with one attached hydrogen (secondary N) is 2. The number of ether oxygens (including phenoxy) is 1. The lowest BCUT2D eigenvalue weighted by molar-refractivity contribution is 0.0383. The second-order valence-corrected chi connectivity index (χ2v) is 5.55. The van der Waals surface area contributed by atoms with Crippen molar-refractivity contribution < 1.29 is 14.3 Å². The summed E-state index contributed by atoms with van der Waals surface area (Å²) >= 11 is 0. The molecule has 0 saturated carbocycles. The lowest BCUT2D eigenvalue weighted by Crippen LogP contribution is -2.41. The molecule has 6 nitrogen and oxygen atoms in total. The molecule has 0 atom stereocenters. The maximum Gasteiger partial charge on any atom is 0.251 e. The van der Waals surface area contributed by atoms with E-state index in [1.165, 1.54) is 0 Å². The van der Waals surface area contributed by atoms with Gasteiger partial charge < -0.3 is 15.4 Å². The SMILES string of the molecule is CCCNC(=O)c1cccc(C(=O)NCCN2CCOCC2)c1. The normalized spacial score (nSPS) is 15.2. The molecule has 1 saturated heterocycles. The Balaban J connectivity index is 1.82. The summed E-state index contributed by atoms with van der Waals surface area (Å²) in [5, 5.41) is 5.71. The van der Waals surface area contributed by atoms with Gasteiger partial charge in [0.1, 0.15) is 0 Å². The number of hydrogen-bond acceptors (Lipinski definition) is 4. The first kappa shape index (κ1) is 17.4. The van der Waals surface area contributed by atoms with Gasteiger partial charge in [-0.2, -0.15) is 0 Å². The second kappa shape index (κ2) is 9.27. The fourth-order valence-electron chi connectivity index (χ4n) is 2.40. The minimum atomic E-state index is -0.150. The van der Waals surface area contributed by atoms with Crippen LogP contribution in [0.25, 0.3) is 0 Å². The smallest absolute Gasteiger partial charge is 0.251 e. The van der Waals surface area contributed by atoms with Crippen LogP contribution in [0.3, 0.4) is 0 Å². The first-order valence-electron chi connectivity index (χ1n) is 8.17. The number of nitrogens with zero attached hydrogens (tertiary/aromatic N) is 1. The van der Waals surface area contributed by atoms with E-state index in [4.69, 9.17) is 4.74 Å². The van der Waals surface area contributed by atoms with Crippen LogP contribution in [0.15, 0.2) is 24.3 Å². The minimum Gasteiger partial charge on any atom is -0.379 e. The van der Waals surface area contributed by atoms with Gasteiger partial charge in [-0.15, -0.1) is 0 Å². The summed E-state index contributed by atoms with van der Waals surface area (Å²) in [5.41, 5.74) is 1.02. The quantitative estimate of drug-likeness (QED) is 0.783. The zero-order chi connectivity index (χ0) is 16.5. The Bertz CT molecular complexity index is 528. The molecular formula is C17H25N3O3. The average Bonchev–Trinajstić information content (AvgIpc) is 2.60. The topological polar surface area (TPSA) is 70.7 Å². The molecular weight excluding hydrogens is 294 g/mol. The number of carbonyl (C=O) groups is 2. The summed E-state index contributed by atoms with van der Waals surface area (Å²) in [4.78, 5) is 26.4. The Morgan fingerprint density at radius 3 is 2.30 bits per heavy atom. The molecule has 1 heterocycles. The van der Waals surface area contributed by atoms with Crippen molar-refractivity contribution in [2.24, 2.45) is 0 Å². The summed E-state index contributed by atoms with van der Waals surface area (Å²) in [7, 11) is 0. The number of hydrogen-bond donors (Lipinski definition) is 2. The van der Waals surface area contributed by atoms with E-state index >= 15 is 0 Å². The average molecular weight is 319 g/mol. The summed E-state index contributed by atoms with van der Waals surface area (Å²) < 4.78 is 5.29. The molecule has 2 N–H and O–H groups in total. The Kier molecular flexibility index (Phi) is 7.03. The van der Waals surface area contributed by atoms with E-state index in [2.05, 4.69) is 15.5 Å².